The maximum Gasteiger partial charge on any atom is 0.220 e. The number of aryl methyl sites for hydroxylation is 2. The van der Waals surface area contributed by atoms with Gasteiger partial charge in [-0.05, 0) is 32.8 Å². The average molecular weight is 295 g/mol. The Morgan fingerprint density at radius 3 is 2.86 bits per heavy atom. The van der Waals surface area contributed by atoms with Gasteiger partial charge < -0.3 is 14.8 Å². The van der Waals surface area contributed by atoms with E-state index in [2.05, 4.69) is 10.4 Å². The molecule has 1 aliphatic heterocycles. The van der Waals surface area contributed by atoms with Crippen molar-refractivity contribution in [2.45, 2.75) is 45.8 Å². The first kappa shape index (κ1) is 16.0. The van der Waals surface area contributed by atoms with Crippen LogP contribution in [-0.2, 0) is 27.7 Å². The number of hydrogen-bond donors (Lipinski definition) is 1. The minimum atomic E-state index is -0.0338. The van der Waals surface area contributed by atoms with Gasteiger partial charge in [-0.2, -0.15) is 5.10 Å². The summed E-state index contributed by atoms with van der Waals surface area (Å²) in [5.41, 5.74) is 3.28. The Morgan fingerprint density at radius 2 is 2.24 bits per heavy atom. The van der Waals surface area contributed by atoms with Crippen LogP contribution in [0, 0.1) is 13.8 Å². The Balaban J connectivity index is 1.85. The molecular formula is C15H25N3O3. The lowest BCUT2D eigenvalue weighted by atomic mass is 10.1. The van der Waals surface area contributed by atoms with Crippen LogP contribution < -0.4 is 5.32 Å². The van der Waals surface area contributed by atoms with Crippen LogP contribution in [0.1, 0.15) is 30.3 Å². The maximum absolute atomic E-state index is 12.1. The Hall–Kier alpha value is -1.40. The van der Waals surface area contributed by atoms with Gasteiger partial charge in [-0.25, -0.2) is 0 Å². The summed E-state index contributed by atoms with van der Waals surface area (Å²) >= 11 is 0. The first-order valence-electron chi connectivity index (χ1n) is 7.50. The van der Waals surface area contributed by atoms with Gasteiger partial charge in [0.15, 0.2) is 0 Å². The highest BCUT2D eigenvalue weighted by Gasteiger charge is 2.29. The van der Waals surface area contributed by atoms with E-state index in [-0.39, 0.29) is 18.1 Å². The summed E-state index contributed by atoms with van der Waals surface area (Å²) < 4.78 is 12.8. The highest BCUT2D eigenvalue weighted by molar-refractivity contribution is 5.76. The number of ether oxygens (including phenoxy) is 2. The zero-order valence-electron chi connectivity index (χ0n) is 13.3. The van der Waals surface area contributed by atoms with Crippen molar-refractivity contribution in [3.05, 3.63) is 17.0 Å². The van der Waals surface area contributed by atoms with Crippen LogP contribution in [0.3, 0.4) is 0 Å². The SMILES string of the molecule is CCO[C@H]1COC[C@@H]1NC(=O)CCc1c(C)nn(C)c1C. The Labute approximate surface area is 125 Å². The average Bonchev–Trinajstić information content (AvgIpc) is 2.95. The molecule has 1 aromatic heterocycles. The van der Waals surface area contributed by atoms with Crippen molar-refractivity contribution in [3.63, 3.8) is 0 Å². The predicted octanol–water partition coefficient (Wildman–Crippen LogP) is 0.890. The fraction of sp³-hybridized carbons (Fsp3) is 0.733. The lowest BCUT2D eigenvalue weighted by Gasteiger charge is -2.18. The quantitative estimate of drug-likeness (QED) is 0.846. The minimum Gasteiger partial charge on any atom is -0.376 e. The second-order valence-corrected chi connectivity index (χ2v) is 5.48. The van der Waals surface area contributed by atoms with Crippen LogP contribution in [0.15, 0.2) is 0 Å². The molecule has 118 valence electrons. The molecule has 6 heteroatoms. The van der Waals surface area contributed by atoms with Gasteiger partial charge in [0.05, 0.1) is 24.9 Å². The molecule has 1 amide bonds. The molecule has 1 aromatic rings. The zero-order chi connectivity index (χ0) is 15.4. The molecule has 1 N–H and O–H groups in total. The van der Waals surface area contributed by atoms with Gasteiger partial charge >= 0.3 is 0 Å². The molecule has 0 spiro atoms. The van der Waals surface area contributed by atoms with Crippen LogP contribution in [0.5, 0.6) is 0 Å². The predicted molar refractivity (Wildman–Crippen MR) is 79.2 cm³/mol. The lowest BCUT2D eigenvalue weighted by Crippen LogP contribution is -2.43. The summed E-state index contributed by atoms with van der Waals surface area (Å²) in [5.74, 6) is 0.0397. The van der Waals surface area contributed by atoms with Crippen molar-refractivity contribution in [2.75, 3.05) is 19.8 Å². The van der Waals surface area contributed by atoms with E-state index in [9.17, 15) is 4.79 Å². The molecule has 0 saturated carbocycles. The van der Waals surface area contributed by atoms with Crippen LogP contribution >= 0.6 is 0 Å². The summed E-state index contributed by atoms with van der Waals surface area (Å²) in [6.45, 7) is 7.68. The van der Waals surface area contributed by atoms with E-state index in [4.69, 9.17) is 9.47 Å². The largest absolute Gasteiger partial charge is 0.376 e. The third kappa shape index (κ3) is 3.83. The van der Waals surface area contributed by atoms with Crippen molar-refractivity contribution in [1.29, 1.82) is 0 Å². The number of carbonyl (C=O) groups is 1. The molecule has 0 radical (unpaired) electrons. The van der Waals surface area contributed by atoms with E-state index in [1.54, 1.807) is 0 Å². The number of hydrogen-bond acceptors (Lipinski definition) is 4. The summed E-state index contributed by atoms with van der Waals surface area (Å²) in [6, 6.07) is -0.0338. The van der Waals surface area contributed by atoms with E-state index in [0.29, 0.717) is 32.7 Å². The first-order valence-corrected chi connectivity index (χ1v) is 7.50. The second-order valence-electron chi connectivity index (χ2n) is 5.48. The molecule has 21 heavy (non-hydrogen) atoms. The van der Waals surface area contributed by atoms with Crippen LogP contribution in [0.25, 0.3) is 0 Å². The number of nitrogens with zero attached hydrogens (tertiary/aromatic N) is 2. The Kier molecular flexibility index (Phi) is 5.36. The number of amides is 1. The van der Waals surface area contributed by atoms with E-state index in [1.165, 1.54) is 0 Å². The molecule has 0 bridgehead atoms. The van der Waals surface area contributed by atoms with Gasteiger partial charge in [0, 0.05) is 25.8 Å². The number of nitrogens with one attached hydrogen (secondary N) is 1. The molecule has 1 saturated heterocycles. The van der Waals surface area contributed by atoms with E-state index < -0.39 is 0 Å². The third-order valence-corrected chi connectivity index (χ3v) is 4.02. The molecule has 2 rings (SSSR count). The molecule has 0 aromatic carbocycles. The molecule has 2 atom stereocenters. The van der Waals surface area contributed by atoms with Crippen molar-refractivity contribution in [2.24, 2.45) is 7.05 Å². The van der Waals surface area contributed by atoms with E-state index in [0.717, 1.165) is 17.0 Å². The van der Waals surface area contributed by atoms with Crippen LogP contribution in [-0.4, -0.2) is 47.7 Å². The molecule has 6 nitrogen and oxygen atoms in total. The zero-order valence-corrected chi connectivity index (χ0v) is 13.3. The highest BCUT2D eigenvalue weighted by Crippen LogP contribution is 2.15. The van der Waals surface area contributed by atoms with Crippen molar-refractivity contribution >= 4 is 5.91 Å². The second kappa shape index (κ2) is 7.04. The van der Waals surface area contributed by atoms with Crippen LogP contribution in [0.2, 0.25) is 0 Å². The van der Waals surface area contributed by atoms with Gasteiger partial charge in [0.25, 0.3) is 0 Å². The number of aromatic nitrogens is 2. The van der Waals surface area contributed by atoms with Gasteiger partial charge in [-0.3, -0.25) is 9.48 Å². The number of rotatable bonds is 6. The fourth-order valence-corrected chi connectivity index (χ4v) is 2.74. The minimum absolute atomic E-state index is 0.0270. The monoisotopic (exact) mass is 295 g/mol. The van der Waals surface area contributed by atoms with Gasteiger partial charge in [0.2, 0.25) is 5.91 Å². The van der Waals surface area contributed by atoms with Gasteiger partial charge in [-0.1, -0.05) is 0 Å². The number of carbonyl (C=O) groups excluding carboxylic acids is 1. The summed E-state index contributed by atoms with van der Waals surface area (Å²) in [6.07, 6.45) is 1.15. The molecule has 0 unspecified atom stereocenters. The third-order valence-electron chi connectivity index (χ3n) is 4.02. The Bertz CT molecular complexity index is 499. The van der Waals surface area contributed by atoms with E-state index in [1.807, 2.05) is 32.5 Å². The van der Waals surface area contributed by atoms with Crippen LogP contribution in [0.4, 0.5) is 0 Å². The Morgan fingerprint density at radius 1 is 1.48 bits per heavy atom. The topological polar surface area (TPSA) is 65.4 Å². The molecule has 0 aliphatic carbocycles. The smallest absolute Gasteiger partial charge is 0.220 e. The molecule has 1 aliphatic rings. The van der Waals surface area contributed by atoms with Crippen molar-refractivity contribution < 1.29 is 14.3 Å². The summed E-state index contributed by atoms with van der Waals surface area (Å²) in [4.78, 5) is 12.1. The van der Waals surface area contributed by atoms with Gasteiger partial charge in [-0.15, -0.1) is 0 Å². The van der Waals surface area contributed by atoms with Gasteiger partial charge in [0.1, 0.15) is 6.10 Å². The van der Waals surface area contributed by atoms with Crippen molar-refractivity contribution in [3.8, 4) is 0 Å². The fourth-order valence-electron chi connectivity index (χ4n) is 2.74. The summed E-state index contributed by atoms with van der Waals surface area (Å²) in [7, 11) is 1.93. The molecular weight excluding hydrogens is 270 g/mol. The highest BCUT2D eigenvalue weighted by atomic mass is 16.5. The lowest BCUT2D eigenvalue weighted by molar-refractivity contribution is -0.122. The van der Waals surface area contributed by atoms with E-state index >= 15 is 0 Å². The standard InChI is InChI=1S/C15H25N3O3/c1-5-21-14-9-20-8-13(14)16-15(19)7-6-12-10(2)17-18(4)11(12)3/h13-14H,5-9H2,1-4H3,(H,16,19)/t13-,14-/m0/s1. The maximum atomic E-state index is 12.1. The normalized spacial score (nSPS) is 21.7. The molecule has 2 heterocycles. The summed E-state index contributed by atoms with van der Waals surface area (Å²) in [5, 5.41) is 7.39. The molecule has 1 fully saturated rings. The first-order chi connectivity index (χ1) is 10.0. The van der Waals surface area contributed by atoms with Crippen molar-refractivity contribution in [1.82, 2.24) is 15.1 Å².